The van der Waals surface area contributed by atoms with Crippen molar-refractivity contribution in [3.63, 3.8) is 0 Å². The number of fused-ring (bicyclic) bond motifs is 4. The third-order valence-electron chi connectivity index (χ3n) is 6.48. The summed E-state index contributed by atoms with van der Waals surface area (Å²) in [5.74, 6) is 1.47. The molecule has 1 N–H and O–H groups in total. The van der Waals surface area contributed by atoms with E-state index >= 15 is 0 Å². The fourth-order valence-corrected chi connectivity index (χ4v) is 6.14. The van der Waals surface area contributed by atoms with Gasteiger partial charge in [0.25, 0.3) is 0 Å². The first-order chi connectivity index (χ1) is 18.8. The number of methoxy groups -OCH3 is 2. The Morgan fingerprint density at radius 2 is 1.95 bits per heavy atom. The van der Waals surface area contributed by atoms with Crippen LogP contribution in [0.5, 0.6) is 17.5 Å². The van der Waals surface area contributed by atoms with Crippen LogP contribution in [0.25, 0.3) is 31.8 Å². The molecule has 10 nitrogen and oxygen atoms in total. The number of amides is 1. The van der Waals surface area contributed by atoms with Crippen molar-refractivity contribution in [3.8, 4) is 28.1 Å². The molecule has 0 saturated carbocycles. The first-order valence-corrected chi connectivity index (χ1v) is 13.1. The van der Waals surface area contributed by atoms with Crippen LogP contribution >= 0.6 is 22.9 Å². The minimum absolute atomic E-state index is 0.114. The lowest BCUT2D eigenvalue weighted by molar-refractivity contribution is 0.191. The number of hydrogen-bond acceptors (Lipinski definition) is 9. The van der Waals surface area contributed by atoms with Crippen molar-refractivity contribution in [3.05, 3.63) is 58.9 Å². The molecule has 6 rings (SSSR count). The Morgan fingerprint density at radius 1 is 1.13 bits per heavy atom. The molecule has 1 aliphatic heterocycles. The molecule has 4 heterocycles. The van der Waals surface area contributed by atoms with E-state index in [2.05, 4.69) is 15.0 Å². The van der Waals surface area contributed by atoms with Gasteiger partial charge in [-0.1, -0.05) is 11.6 Å². The topological polar surface area (TPSA) is 120 Å². The number of benzene rings is 2. The van der Waals surface area contributed by atoms with Crippen LogP contribution in [0.3, 0.4) is 0 Å². The molecule has 0 spiro atoms. The van der Waals surface area contributed by atoms with Gasteiger partial charge >= 0.3 is 6.09 Å². The van der Waals surface area contributed by atoms with Crippen LogP contribution < -0.4 is 19.1 Å². The number of carboxylic acid groups (broad SMARTS) is 1. The molecule has 12 heteroatoms. The summed E-state index contributed by atoms with van der Waals surface area (Å²) in [6.45, 7) is 2.11. The molecule has 198 valence electrons. The monoisotopic (exact) mass is 563 g/mol. The minimum Gasteiger partial charge on any atom is -0.488 e. The molecular weight excluding hydrogens is 542 g/mol. The molecule has 1 atom stereocenters. The van der Waals surface area contributed by atoms with Crippen molar-refractivity contribution in [1.29, 1.82) is 0 Å². The van der Waals surface area contributed by atoms with Crippen molar-refractivity contribution in [2.45, 2.75) is 19.4 Å². The van der Waals surface area contributed by atoms with Crippen LogP contribution in [-0.4, -0.2) is 58.0 Å². The van der Waals surface area contributed by atoms with Gasteiger partial charge in [-0.25, -0.2) is 24.7 Å². The van der Waals surface area contributed by atoms with E-state index < -0.39 is 12.2 Å². The first kappa shape index (κ1) is 25.1. The van der Waals surface area contributed by atoms with Crippen LogP contribution in [0.2, 0.25) is 5.02 Å². The number of aryl methyl sites for hydroxylation is 1. The summed E-state index contributed by atoms with van der Waals surface area (Å²) in [7, 11) is 3.06. The van der Waals surface area contributed by atoms with Crippen molar-refractivity contribution in [2.75, 3.05) is 25.7 Å². The highest BCUT2D eigenvalue weighted by atomic mass is 35.5. The van der Waals surface area contributed by atoms with Gasteiger partial charge < -0.3 is 19.3 Å². The average molecular weight is 564 g/mol. The van der Waals surface area contributed by atoms with Crippen LogP contribution in [0, 0.1) is 6.92 Å². The Morgan fingerprint density at radius 3 is 2.67 bits per heavy atom. The van der Waals surface area contributed by atoms with E-state index in [1.165, 1.54) is 29.5 Å². The maximum atomic E-state index is 12.1. The summed E-state index contributed by atoms with van der Waals surface area (Å²) in [5.41, 5.74) is 5.34. The number of carbonyl (C=O) groups is 1. The Labute approximate surface area is 231 Å². The zero-order chi connectivity index (χ0) is 27.3. The highest BCUT2D eigenvalue weighted by molar-refractivity contribution is 7.22. The van der Waals surface area contributed by atoms with Gasteiger partial charge in [-0.15, -0.1) is 11.3 Å². The van der Waals surface area contributed by atoms with E-state index in [-0.39, 0.29) is 6.54 Å². The Bertz CT molecular complexity index is 1740. The smallest absolute Gasteiger partial charge is 0.411 e. The first-order valence-electron chi connectivity index (χ1n) is 12.0. The number of rotatable bonds is 6. The molecule has 0 fully saturated rings. The zero-order valence-corrected chi connectivity index (χ0v) is 22.7. The molecule has 39 heavy (non-hydrogen) atoms. The number of ether oxygens (including phenoxy) is 3. The summed E-state index contributed by atoms with van der Waals surface area (Å²) in [6, 6.07) is 9.01. The van der Waals surface area contributed by atoms with Crippen LogP contribution in [-0.2, 0) is 6.42 Å². The van der Waals surface area contributed by atoms with Crippen LogP contribution in [0.1, 0.15) is 11.1 Å². The van der Waals surface area contributed by atoms with E-state index in [0.717, 1.165) is 26.4 Å². The maximum Gasteiger partial charge on any atom is 0.411 e. The number of aromatic nitrogens is 4. The summed E-state index contributed by atoms with van der Waals surface area (Å²) in [6.07, 6.45) is 2.04. The number of halogens is 1. The largest absolute Gasteiger partial charge is 0.488 e. The average Bonchev–Trinajstić information content (AvgIpc) is 3.55. The van der Waals surface area contributed by atoms with E-state index in [9.17, 15) is 9.90 Å². The SMILES string of the molecule is COc1ccc(N(CC2Cc3c(cc(Cl)c4nc(-c5cc(C)cc6nc(OC)cnc56)sc34)O2)C(=O)O)cn1. The van der Waals surface area contributed by atoms with E-state index in [1.807, 2.05) is 19.1 Å². The van der Waals surface area contributed by atoms with E-state index in [1.54, 1.807) is 31.5 Å². The van der Waals surface area contributed by atoms with Crippen molar-refractivity contribution in [2.24, 2.45) is 0 Å². The van der Waals surface area contributed by atoms with Gasteiger partial charge in [0.15, 0.2) is 0 Å². The molecule has 1 amide bonds. The van der Waals surface area contributed by atoms with Gasteiger partial charge in [-0.2, -0.15) is 0 Å². The van der Waals surface area contributed by atoms with E-state index in [0.29, 0.717) is 51.2 Å². The normalized spacial score (nSPS) is 14.3. The standard InChI is InChI=1S/C27H22ClN5O5S/c1-13-6-17(23-19(7-13)31-22(37-3)11-30-23)26-32-24-18(28)9-20-16(25(24)39-26)8-15(38-20)12-33(27(34)35)14-4-5-21(36-2)29-10-14/h4-7,9-11,15H,8,12H2,1-3H3,(H,34,35). The predicted molar refractivity (Wildman–Crippen MR) is 149 cm³/mol. The molecule has 0 saturated heterocycles. The number of thiazole rings is 1. The van der Waals surface area contributed by atoms with E-state index in [4.69, 9.17) is 30.8 Å². The molecule has 3 aromatic heterocycles. The number of anilines is 1. The molecule has 0 aliphatic carbocycles. The van der Waals surface area contributed by atoms with Crippen molar-refractivity contribution < 1.29 is 24.1 Å². The summed E-state index contributed by atoms with van der Waals surface area (Å²) >= 11 is 8.16. The molecule has 2 aromatic carbocycles. The minimum atomic E-state index is -1.10. The lowest BCUT2D eigenvalue weighted by atomic mass is 10.1. The lowest BCUT2D eigenvalue weighted by Crippen LogP contribution is -2.38. The third-order valence-corrected chi connectivity index (χ3v) is 7.91. The molecule has 1 aliphatic rings. The van der Waals surface area contributed by atoms with Crippen molar-refractivity contribution in [1.82, 2.24) is 19.9 Å². The zero-order valence-electron chi connectivity index (χ0n) is 21.1. The number of hydrogen-bond donors (Lipinski definition) is 1. The Kier molecular flexibility index (Phi) is 6.32. The van der Waals surface area contributed by atoms with Crippen LogP contribution in [0.4, 0.5) is 10.5 Å². The number of nitrogens with zero attached hydrogens (tertiary/aromatic N) is 5. The quantitative estimate of drug-likeness (QED) is 0.274. The molecule has 1 unspecified atom stereocenters. The third kappa shape index (κ3) is 4.53. The highest BCUT2D eigenvalue weighted by Gasteiger charge is 2.31. The van der Waals surface area contributed by atoms with Gasteiger partial charge in [-0.05, 0) is 30.7 Å². The predicted octanol–water partition coefficient (Wildman–Crippen LogP) is 5.77. The second-order valence-electron chi connectivity index (χ2n) is 9.02. The molecule has 5 aromatic rings. The molecule has 0 radical (unpaired) electrons. The van der Waals surface area contributed by atoms with Gasteiger partial charge in [0.1, 0.15) is 22.4 Å². The fourth-order valence-electron chi connectivity index (χ4n) is 4.69. The summed E-state index contributed by atoms with van der Waals surface area (Å²) in [4.78, 5) is 31.4. The van der Waals surface area contributed by atoms with Gasteiger partial charge in [0.2, 0.25) is 11.8 Å². The molecule has 0 bridgehead atoms. The lowest BCUT2D eigenvalue weighted by Gasteiger charge is -2.22. The van der Waals surface area contributed by atoms with Gasteiger partial charge in [-0.3, -0.25) is 4.90 Å². The summed E-state index contributed by atoms with van der Waals surface area (Å²) < 4.78 is 17.4. The highest BCUT2D eigenvalue weighted by Crippen LogP contribution is 2.45. The van der Waals surface area contributed by atoms with Gasteiger partial charge in [0, 0.05) is 29.7 Å². The Hall–Kier alpha value is -4.22. The second-order valence-corrected chi connectivity index (χ2v) is 10.4. The van der Waals surface area contributed by atoms with Crippen LogP contribution in [0.15, 0.2) is 42.7 Å². The van der Waals surface area contributed by atoms with Gasteiger partial charge in [0.05, 0.1) is 59.6 Å². The second kappa shape index (κ2) is 9.83. The van der Waals surface area contributed by atoms with Crippen molar-refractivity contribution >= 4 is 56.0 Å². The number of pyridine rings is 1. The summed E-state index contributed by atoms with van der Waals surface area (Å²) in [5, 5.41) is 11.1. The maximum absolute atomic E-state index is 12.1. The fraction of sp³-hybridized carbons (Fsp3) is 0.222. The Balaban J connectivity index is 1.35. The molecular formula is C27H22ClN5O5S.